The van der Waals surface area contributed by atoms with Gasteiger partial charge in [0.05, 0.1) is 11.6 Å². The van der Waals surface area contributed by atoms with E-state index in [-0.39, 0.29) is 12.5 Å². The summed E-state index contributed by atoms with van der Waals surface area (Å²) in [5, 5.41) is 2.91. The van der Waals surface area contributed by atoms with Crippen molar-refractivity contribution in [2.45, 2.75) is 20.3 Å². The standard InChI is InChI=1S/C19H19Br2NO4/c1-4-13-8-14(20)5-11(2)18(13)22-17(24)10-26-19-15(21)6-12(9-23)7-16(19)25-3/h5-9H,4,10H2,1-3H3,(H,22,24). The van der Waals surface area contributed by atoms with E-state index in [9.17, 15) is 9.59 Å². The molecule has 0 atom stereocenters. The van der Waals surface area contributed by atoms with Gasteiger partial charge in [0.1, 0.15) is 6.29 Å². The quantitative estimate of drug-likeness (QED) is 0.566. The molecule has 0 aliphatic carbocycles. The molecule has 0 bridgehead atoms. The molecular weight excluding hydrogens is 466 g/mol. The Labute approximate surface area is 169 Å². The predicted molar refractivity (Wildman–Crippen MR) is 108 cm³/mol. The first-order chi connectivity index (χ1) is 12.4. The van der Waals surface area contributed by atoms with Crippen LogP contribution in [-0.4, -0.2) is 25.9 Å². The lowest BCUT2D eigenvalue weighted by Gasteiger charge is -2.16. The van der Waals surface area contributed by atoms with Crippen molar-refractivity contribution in [1.82, 2.24) is 0 Å². The van der Waals surface area contributed by atoms with Crippen LogP contribution in [0.4, 0.5) is 5.69 Å². The maximum atomic E-state index is 12.4. The van der Waals surface area contributed by atoms with Gasteiger partial charge >= 0.3 is 0 Å². The minimum atomic E-state index is -0.279. The Hall–Kier alpha value is -1.86. The van der Waals surface area contributed by atoms with Crippen molar-refractivity contribution in [2.75, 3.05) is 19.0 Å². The minimum absolute atomic E-state index is 0.186. The Balaban J connectivity index is 2.14. The van der Waals surface area contributed by atoms with Crippen molar-refractivity contribution in [3.05, 3.63) is 49.9 Å². The van der Waals surface area contributed by atoms with E-state index in [1.54, 1.807) is 12.1 Å². The topological polar surface area (TPSA) is 64.6 Å². The number of hydrogen-bond donors (Lipinski definition) is 1. The predicted octanol–water partition coefficient (Wildman–Crippen LogP) is 4.92. The largest absolute Gasteiger partial charge is 0.493 e. The number of carbonyl (C=O) groups is 2. The van der Waals surface area contributed by atoms with E-state index in [0.717, 1.165) is 27.7 Å². The van der Waals surface area contributed by atoms with Crippen molar-refractivity contribution < 1.29 is 19.1 Å². The number of aryl methyl sites for hydroxylation is 2. The highest BCUT2D eigenvalue weighted by atomic mass is 79.9. The molecule has 1 N–H and O–H groups in total. The second kappa shape index (κ2) is 9.19. The van der Waals surface area contributed by atoms with E-state index in [1.165, 1.54) is 7.11 Å². The number of anilines is 1. The zero-order valence-electron chi connectivity index (χ0n) is 14.7. The molecule has 0 spiro atoms. The molecule has 2 aromatic carbocycles. The molecule has 2 rings (SSSR count). The summed E-state index contributed by atoms with van der Waals surface area (Å²) in [5.74, 6) is 0.471. The summed E-state index contributed by atoms with van der Waals surface area (Å²) in [6.07, 6.45) is 1.51. The summed E-state index contributed by atoms with van der Waals surface area (Å²) in [4.78, 5) is 23.3. The number of carbonyl (C=O) groups excluding carboxylic acids is 2. The number of nitrogens with one attached hydrogen (secondary N) is 1. The molecule has 0 saturated heterocycles. The third kappa shape index (κ3) is 4.86. The minimum Gasteiger partial charge on any atom is -0.493 e. The molecule has 0 aliphatic rings. The maximum Gasteiger partial charge on any atom is 0.262 e. The Bertz CT molecular complexity index is 837. The Morgan fingerprint density at radius 1 is 1.23 bits per heavy atom. The normalized spacial score (nSPS) is 10.3. The number of benzene rings is 2. The Morgan fingerprint density at radius 2 is 1.96 bits per heavy atom. The number of rotatable bonds is 7. The number of hydrogen-bond acceptors (Lipinski definition) is 4. The molecule has 138 valence electrons. The highest BCUT2D eigenvalue weighted by Crippen LogP contribution is 2.36. The van der Waals surface area contributed by atoms with Crippen LogP contribution >= 0.6 is 31.9 Å². The first-order valence-corrected chi connectivity index (χ1v) is 9.52. The number of amides is 1. The summed E-state index contributed by atoms with van der Waals surface area (Å²) in [6.45, 7) is 3.79. The summed E-state index contributed by atoms with van der Waals surface area (Å²) in [6, 6.07) is 7.10. The van der Waals surface area contributed by atoms with Crippen LogP contribution in [0.2, 0.25) is 0 Å². The molecular formula is C19H19Br2NO4. The second-order valence-corrected chi connectivity index (χ2v) is 7.37. The maximum absolute atomic E-state index is 12.4. The van der Waals surface area contributed by atoms with Crippen LogP contribution in [0.15, 0.2) is 33.2 Å². The smallest absolute Gasteiger partial charge is 0.262 e. The van der Waals surface area contributed by atoms with Crippen LogP contribution in [0.5, 0.6) is 11.5 Å². The highest BCUT2D eigenvalue weighted by Gasteiger charge is 2.15. The van der Waals surface area contributed by atoms with Crippen LogP contribution < -0.4 is 14.8 Å². The zero-order valence-corrected chi connectivity index (χ0v) is 17.9. The van der Waals surface area contributed by atoms with Gasteiger partial charge in [-0.15, -0.1) is 0 Å². The van der Waals surface area contributed by atoms with E-state index < -0.39 is 0 Å². The Kier molecular flexibility index (Phi) is 7.23. The number of aldehydes is 1. The summed E-state index contributed by atoms with van der Waals surface area (Å²) >= 11 is 6.81. The average molecular weight is 485 g/mol. The fourth-order valence-corrected chi connectivity index (χ4v) is 3.73. The van der Waals surface area contributed by atoms with Gasteiger partial charge in [0.2, 0.25) is 0 Å². The third-order valence-corrected chi connectivity index (χ3v) is 4.81. The monoisotopic (exact) mass is 483 g/mol. The highest BCUT2D eigenvalue weighted by molar-refractivity contribution is 9.10. The molecule has 1 amide bonds. The van der Waals surface area contributed by atoms with Crippen molar-refractivity contribution in [2.24, 2.45) is 0 Å². The van der Waals surface area contributed by atoms with Crippen LogP contribution in [-0.2, 0) is 11.2 Å². The second-order valence-electron chi connectivity index (χ2n) is 5.60. The first-order valence-electron chi connectivity index (χ1n) is 7.94. The number of halogens is 2. The molecule has 0 fully saturated rings. The molecule has 2 aromatic rings. The van der Waals surface area contributed by atoms with Gasteiger partial charge in [-0.3, -0.25) is 9.59 Å². The van der Waals surface area contributed by atoms with Crippen molar-refractivity contribution in [3.8, 4) is 11.5 Å². The summed E-state index contributed by atoms with van der Waals surface area (Å²) in [5.41, 5.74) is 3.26. The molecule has 7 heteroatoms. The van der Waals surface area contributed by atoms with Crippen LogP contribution in [0.3, 0.4) is 0 Å². The van der Waals surface area contributed by atoms with Gasteiger partial charge in [-0.1, -0.05) is 22.9 Å². The molecule has 0 heterocycles. The van der Waals surface area contributed by atoms with Gasteiger partial charge in [0.25, 0.3) is 5.91 Å². The molecule has 0 aliphatic heterocycles. The lowest BCUT2D eigenvalue weighted by atomic mass is 10.1. The SMILES string of the molecule is CCc1cc(Br)cc(C)c1NC(=O)COc1c(Br)cc(C=O)cc1OC. The van der Waals surface area contributed by atoms with Gasteiger partial charge in [0.15, 0.2) is 18.1 Å². The molecule has 0 saturated carbocycles. The van der Waals surface area contributed by atoms with Crippen molar-refractivity contribution in [1.29, 1.82) is 0 Å². The number of ether oxygens (including phenoxy) is 2. The molecule has 0 radical (unpaired) electrons. The van der Waals surface area contributed by atoms with Gasteiger partial charge in [-0.25, -0.2) is 0 Å². The van der Waals surface area contributed by atoms with Gasteiger partial charge in [-0.2, -0.15) is 0 Å². The molecule has 0 aromatic heterocycles. The van der Waals surface area contributed by atoms with Gasteiger partial charge in [-0.05, 0) is 64.7 Å². The lowest BCUT2D eigenvalue weighted by molar-refractivity contribution is -0.118. The van der Waals surface area contributed by atoms with E-state index in [0.29, 0.717) is 27.8 Å². The van der Waals surface area contributed by atoms with Crippen molar-refractivity contribution in [3.63, 3.8) is 0 Å². The van der Waals surface area contributed by atoms with Crippen molar-refractivity contribution >= 4 is 49.7 Å². The van der Waals surface area contributed by atoms with E-state index >= 15 is 0 Å². The van der Waals surface area contributed by atoms with Gasteiger partial charge < -0.3 is 14.8 Å². The summed E-state index contributed by atoms with van der Waals surface area (Å²) < 4.78 is 12.4. The van der Waals surface area contributed by atoms with E-state index in [1.807, 2.05) is 26.0 Å². The molecule has 0 unspecified atom stereocenters. The first kappa shape index (κ1) is 20.5. The summed E-state index contributed by atoms with van der Waals surface area (Å²) in [7, 11) is 1.47. The fourth-order valence-electron chi connectivity index (χ4n) is 2.53. The molecule has 26 heavy (non-hydrogen) atoms. The third-order valence-electron chi connectivity index (χ3n) is 3.76. The van der Waals surface area contributed by atoms with Crippen LogP contribution in [0.1, 0.15) is 28.4 Å². The zero-order chi connectivity index (χ0) is 19.3. The lowest BCUT2D eigenvalue weighted by Crippen LogP contribution is -2.22. The fraction of sp³-hybridized carbons (Fsp3) is 0.263. The number of methoxy groups -OCH3 is 1. The van der Waals surface area contributed by atoms with Crippen LogP contribution in [0.25, 0.3) is 0 Å². The molecule has 5 nitrogen and oxygen atoms in total. The van der Waals surface area contributed by atoms with E-state index in [2.05, 4.69) is 37.2 Å². The van der Waals surface area contributed by atoms with E-state index in [4.69, 9.17) is 9.47 Å². The van der Waals surface area contributed by atoms with Crippen LogP contribution in [0, 0.1) is 6.92 Å². The average Bonchev–Trinajstić information content (AvgIpc) is 2.61. The Morgan fingerprint density at radius 3 is 2.58 bits per heavy atom. The van der Waals surface area contributed by atoms with Gasteiger partial charge in [0, 0.05) is 15.7 Å².